The smallest absolute Gasteiger partial charge is 0.237 e. The van der Waals surface area contributed by atoms with E-state index >= 15 is 0 Å². The van der Waals surface area contributed by atoms with Crippen LogP contribution >= 0.6 is 0 Å². The monoisotopic (exact) mass is 216 g/mol. The van der Waals surface area contributed by atoms with Crippen molar-refractivity contribution in [3.8, 4) is 0 Å². The largest absolute Gasteiger partial charge is 0.355 e. The second kappa shape index (κ2) is 7.19. The van der Waals surface area contributed by atoms with E-state index in [1.54, 1.807) is 18.9 Å². The second-order valence-corrected chi connectivity index (χ2v) is 3.56. The summed E-state index contributed by atoms with van der Waals surface area (Å²) in [6.07, 6.45) is 0. The zero-order valence-corrected chi connectivity index (χ0v) is 9.54. The summed E-state index contributed by atoms with van der Waals surface area (Å²) in [5.41, 5.74) is 2.08. The topological polar surface area (TPSA) is 87.5 Å². The molecule has 0 aromatic heterocycles. The summed E-state index contributed by atoms with van der Waals surface area (Å²) in [6, 6.07) is 0. The van der Waals surface area contributed by atoms with Crippen molar-refractivity contribution in [3.05, 3.63) is 0 Å². The summed E-state index contributed by atoms with van der Waals surface area (Å²) < 4.78 is 0. The first-order valence-corrected chi connectivity index (χ1v) is 4.97. The fraction of sp³-hybridized carbons (Fsp3) is 0.778. The molecular formula is C9H20N4O2. The molecule has 4 N–H and O–H groups in total. The zero-order chi connectivity index (χ0) is 11.8. The molecule has 0 saturated carbocycles. The van der Waals surface area contributed by atoms with Gasteiger partial charge in [0.05, 0.1) is 6.54 Å². The van der Waals surface area contributed by atoms with Crippen molar-refractivity contribution in [2.45, 2.75) is 13.8 Å². The van der Waals surface area contributed by atoms with Crippen LogP contribution in [0.4, 0.5) is 0 Å². The molecule has 0 rings (SSSR count). The molecule has 6 nitrogen and oxygen atoms in total. The summed E-state index contributed by atoms with van der Waals surface area (Å²) in [5.74, 6) is 4.51. The van der Waals surface area contributed by atoms with E-state index in [4.69, 9.17) is 5.84 Å². The number of rotatable bonds is 6. The fourth-order valence-corrected chi connectivity index (χ4v) is 1.26. The Balaban J connectivity index is 3.87. The van der Waals surface area contributed by atoms with E-state index in [2.05, 4.69) is 10.7 Å². The van der Waals surface area contributed by atoms with Gasteiger partial charge in [-0.15, -0.1) is 0 Å². The lowest BCUT2D eigenvalue weighted by Gasteiger charge is -2.19. The molecule has 0 aliphatic heterocycles. The molecule has 0 aromatic carbocycles. The number of nitrogens with one attached hydrogen (secondary N) is 2. The van der Waals surface area contributed by atoms with E-state index in [0.717, 1.165) is 0 Å². The second-order valence-electron chi connectivity index (χ2n) is 3.56. The highest BCUT2D eigenvalue weighted by Gasteiger charge is 2.15. The molecule has 2 amide bonds. The van der Waals surface area contributed by atoms with Crippen LogP contribution in [0.2, 0.25) is 0 Å². The Labute approximate surface area is 90.2 Å². The molecular weight excluding hydrogens is 196 g/mol. The van der Waals surface area contributed by atoms with Crippen LogP contribution in [0.3, 0.4) is 0 Å². The Morgan fingerprint density at radius 3 is 2.53 bits per heavy atom. The van der Waals surface area contributed by atoms with Gasteiger partial charge in [0.2, 0.25) is 11.8 Å². The first-order valence-electron chi connectivity index (χ1n) is 4.97. The molecule has 15 heavy (non-hydrogen) atoms. The van der Waals surface area contributed by atoms with Crippen LogP contribution < -0.4 is 16.6 Å². The number of carbonyl (C=O) groups is 2. The maximum atomic E-state index is 11.2. The Hall–Kier alpha value is -1.14. The predicted octanol–water partition coefficient (Wildman–Crippen LogP) is -1.32. The number of nitrogens with two attached hydrogens (primary N) is 1. The highest BCUT2D eigenvalue weighted by Crippen LogP contribution is 1.97. The maximum absolute atomic E-state index is 11.2. The number of hydrazine groups is 1. The molecule has 0 aliphatic rings. The van der Waals surface area contributed by atoms with Crippen molar-refractivity contribution in [1.82, 2.24) is 15.6 Å². The van der Waals surface area contributed by atoms with E-state index in [1.807, 2.05) is 6.92 Å². The van der Waals surface area contributed by atoms with Gasteiger partial charge in [0.15, 0.2) is 0 Å². The van der Waals surface area contributed by atoms with Crippen molar-refractivity contribution in [2.24, 2.45) is 11.8 Å². The molecule has 1 unspecified atom stereocenters. The van der Waals surface area contributed by atoms with Crippen LogP contribution in [0.5, 0.6) is 0 Å². The molecule has 0 spiro atoms. The Kier molecular flexibility index (Phi) is 6.64. The highest BCUT2D eigenvalue weighted by atomic mass is 16.2. The standard InChI is InChI=1S/C9H20N4O2/c1-4-11-8(14)6-13(3)5-7(2)9(15)12-10/h7H,4-6,10H2,1-3H3,(H,11,14)(H,12,15). The molecule has 0 fully saturated rings. The van der Waals surface area contributed by atoms with E-state index in [-0.39, 0.29) is 24.3 Å². The van der Waals surface area contributed by atoms with Crippen LogP contribution in [0.25, 0.3) is 0 Å². The van der Waals surface area contributed by atoms with Crippen LogP contribution in [0, 0.1) is 5.92 Å². The van der Waals surface area contributed by atoms with E-state index < -0.39 is 0 Å². The number of hydrogen-bond acceptors (Lipinski definition) is 4. The van der Waals surface area contributed by atoms with Crippen LogP contribution in [-0.4, -0.2) is 43.4 Å². The lowest BCUT2D eigenvalue weighted by Crippen LogP contribution is -2.42. The lowest BCUT2D eigenvalue weighted by atomic mass is 10.1. The fourth-order valence-electron chi connectivity index (χ4n) is 1.26. The van der Waals surface area contributed by atoms with Gasteiger partial charge in [0.1, 0.15) is 0 Å². The van der Waals surface area contributed by atoms with Crippen LogP contribution in [0.15, 0.2) is 0 Å². The first kappa shape index (κ1) is 13.9. The van der Waals surface area contributed by atoms with Gasteiger partial charge in [-0.2, -0.15) is 0 Å². The average molecular weight is 216 g/mol. The van der Waals surface area contributed by atoms with Crippen molar-refractivity contribution < 1.29 is 9.59 Å². The van der Waals surface area contributed by atoms with Gasteiger partial charge in [-0.3, -0.25) is 19.9 Å². The van der Waals surface area contributed by atoms with Gasteiger partial charge in [0, 0.05) is 19.0 Å². The summed E-state index contributed by atoms with van der Waals surface area (Å²) in [6.45, 7) is 5.03. The normalized spacial score (nSPS) is 12.3. The first-order chi connectivity index (χ1) is 7.01. The summed E-state index contributed by atoms with van der Waals surface area (Å²) in [5, 5.41) is 2.69. The molecule has 88 valence electrons. The van der Waals surface area contributed by atoms with Gasteiger partial charge in [-0.05, 0) is 14.0 Å². The number of carbonyl (C=O) groups excluding carboxylic acids is 2. The minimum Gasteiger partial charge on any atom is -0.355 e. The third-order valence-corrected chi connectivity index (χ3v) is 1.96. The Bertz CT molecular complexity index is 220. The summed E-state index contributed by atoms with van der Waals surface area (Å²) in [7, 11) is 1.79. The van der Waals surface area contributed by atoms with Gasteiger partial charge in [-0.1, -0.05) is 6.92 Å². The third kappa shape index (κ3) is 6.03. The van der Waals surface area contributed by atoms with Crippen LogP contribution in [-0.2, 0) is 9.59 Å². The number of likely N-dealkylation sites (N-methyl/N-ethyl adjacent to an activating group) is 2. The molecule has 0 saturated heterocycles. The predicted molar refractivity (Wildman–Crippen MR) is 57.7 cm³/mol. The summed E-state index contributed by atoms with van der Waals surface area (Å²) >= 11 is 0. The van der Waals surface area contributed by atoms with Crippen molar-refractivity contribution in [1.29, 1.82) is 0 Å². The number of amides is 2. The van der Waals surface area contributed by atoms with Gasteiger partial charge in [0.25, 0.3) is 0 Å². The van der Waals surface area contributed by atoms with E-state index in [0.29, 0.717) is 13.1 Å². The molecule has 0 heterocycles. The van der Waals surface area contributed by atoms with Crippen molar-refractivity contribution in [3.63, 3.8) is 0 Å². The van der Waals surface area contributed by atoms with E-state index in [9.17, 15) is 9.59 Å². The third-order valence-electron chi connectivity index (χ3n) is 1.96. The average Bonchev–Trinajstić information content (AvgIpc) is 2.16. The molecule has 0 bridgehead atoms. The minimum absolute atomic E-state index is 0.0413. The Morgan fingerprint density at radius 1 is 1.47 bits per heavy atom. The zero-order valence-electron chi connectivity index (χ0n) is 9.54. The SMILES string of the molecule is CCNC(=O)CN(C)CC(C)C(=O)NN. The quantitative estimate of drug-likeness (QED) is 0.292. The highest BCUT2D eigenvalue weighted by molar-refractivity contribution is 5.79. The number of hydrogen-bond donors (Lipinski definition) is 3. The molecule has 6 heteroatoms. The van der Waals surface area contributed by atoms with Crippen LogP contribution in [0.1, 0.15) is 13.8 Å². The van der Waals surface area contributed by atoms with E-state index in [1.165, 1.54) is 0 Å². The maximum Gasteiger partial charge on any atom is 0.237 e. The minimum atomic E-state index is -0.227. The lowest BCUT2D eigenvalue weighted by molar-refractivity contribution is -0.126. The summed E-state index contributed by atoms with van der Waals surface area (Å²) in [4.78, 5) is 24.1. The molecule has 0 aliphatic carbocycles. The molecule has 0 radical (unpaired) electrons. The van der Waals surface area contributed by atoms with Gasteiger partial charge >= 0.3 is 0 Å². The van der Waals surface area contributed by atoms with Crippen molar-refractivity contribution in [2.75, 3.05) is 26.7 Å². The van der Waals surface area contributed by atoms with Gasteiger partial charge in [-0.25, -0.2) is 5.84 Å². The molecule has 0 aromatic rings. The van der Waals surface area contributed by atoms with Gasteiger partial charge < -0.3 is 5.32 Å². The number of nitrogens with zero attached hydrogens (tertiary/aromatic N) is 1. The molecule has 1 atom stereocenters. The Morgan fingerprint density at radius 2 is 2.07 bits per heavy atom. The van der Waals surface area contributed by atoms with Crippen molar-refractivity contribution >= 4 is 11.8 Å².